The van der Waals surface area contributed by atoms with Crippen molar-refractivity contribution >= 4 is 17.7 Å². The van der Waals surface area contributed by atoms with Crippen molar-refractivity contribution in [3.63, 3.8) is 0 Å². The minimum Gasteiger partial charge on any atom is -0.390 e. The molecule has 1 rings (SSSR count). The number of nitro groups is 1. The second-order valence-electron chi connectivity index (χ2n) is 3.22. The van der Waals surface area contributed by atoms with Gasteiger partial charge in [0.25, 0.3) is 0 Å². The lowest BCUT2D eigenvalue weighted by Gasteiger charge is -2.02. The first-order valence-electron chi connectivity index (χ1n) is 4.30. The Hall–Kier alpha value is -2.38. The largest absolute Gasteiger partial charge is 0.435 e. The summed E-state index contributed by atoms with van der Waals surface area (Å²) in [5, 5.41) is 10.5. The normalized spacial score (nSPS) is 10.6. The molecule has 0 aliphatic carbocycles. The van der Waals surface area contributed by atoms with E-state index in [9.17, 15) is 14.9 Å². The van der Waals surface area contributed by atoms with E-state index in [1.54, 1.807) is 25.2 Å². The topological polar surface area (TPSA) is 118 Å². The Morgan fingerprint density at radius 1 is 1.56 bits per heavy atom. The van der Waals surface area contributed by atoms with Crippen molar-refractivity contribution in [2.24, 2.45) is 0 Å². The first-order valence-corrected chi connectivity index (χ1v) is 4.30. The molecule has 0 saturated carbocycles. The predicted octanol–water partition coefficient (Wildman–Crippen LogP) is -0.207. The molecule has 0 atom stereocenters. The van der Waals surface area contributed by atoms with Gasteiger partial charge in [-0.25, -0.2) is 9.78 Å². The molecule has 16 heavy (non-hydrogen) atoms. The molecule has 0 bridgehead atoms. The second kappa shape index (κ2) is 4.43. The third-order valence-electron chi connectivity index (χ3n) is 1.68. The highest BCUT2D eigenvalue weighted by molar-refractivity contribution is 5.59. The van der Waals surface area contributed by atoms with E-state index in [0.717, 1.165) is 0 Å². The maximum Gasteiger partial charge on any atom is 0.435 e. The molecule has 0 unspecified atom stereocenters. The van der Waals surface area contributed by atoms with Crippen LogP contribution in [0.1, 0.15) is 5.69 Å². The molecule has 0 aromatic carbocycles. The standard InChI is InChI=1S/C8H11N5O3/c1-12(2)4-3-5-6(9)7(14)11-8(10-5)13(15)16/h3-4H,9H2,1-2H3,(H,10,11,14). The zero-order valence-electron chi connectivity index (χ0n) is 8.80. The number of nitrogen functional groups attached to an aromatic ring is 1. The number of hydrogen-bond donors (Lipinski definition) is 2. The van der Waals surface area contributed by atoms with E-state index in [0.29, 0.717) is 0 Å². The van der Waals surface area contributed by atoms with Crippen molar-refractivity contribution in [2.75, 3.05) is 19.8 Å². The Balaban J connectivity index is 3.27. The summed E-state index contributed by atoms with van der Waals surface area (Å²) in [6.07, 6.45) is 3.01. The highest BCUT2D eigenvalue weighted by Crippen LogP contribution is 2.09. The van der Waals surface area contributed by atoms with E-state index in [4.69, 9.17) is 5.73 Å². The van der Waals surface area contributed by atoms with Crippen LogP contribution in [0.4, 0.5) is 11.6 Å². The van der Waals surface area contributed by atoms with Crippen LogP contribution < -0.4 is 11.3 Å². The number of anilines is 1. The molecule has 1 heterocycles. The summed E-state index contributed by atoms with van der Waals surface area (Å²) < 4.78 is 0. The molecule has 0 aliphatic heterocycles. The van der Waals surface area contributed by atoms with Gasteiger partial charge in [-0.3, -0.25) is 0 Å². The van der Waals surface area contributed by atoms with Gasteiger partial charge >= 0.3 is 11.5 Å². The van der Waals surface area contributed by atoms with Crippen LogP contribution in [-0.4, -0.2) is 33.9 Å². The maximum atomic E-state index is 11.2. The first kappa shape index (κ1) is 11.7. The van der Waals surface area contributed by atoms with Crippen LogP contribution in [0.15, 0.2) is 11.0 Å². The Bertz CT molecular complexity index is 491. The van der Waals surface area contributed by atoms with Crippen LogP contribution >= 0.6 is 0 Å². The van der Waals surface area contributed by atoms with Crippen LogP contribution in [0.3, 0.4) is 0 Å². The van der Waals surface area contributed by atoms with Gasteiger partial charge < -0.3 is 20.7 Å². The van der Waals surface area contributed by atoms with Crippen LogP contribution in [0.25, 0.3) is 6.08 Å². The number of rotatable bonds is 3. The number of aromatic nitrogens is 2. The van der Waals surface area contributed by atoms with Gasteiger partial charge in [0.15, 0.2) is 11.4 Å². The molecular weight excluding hydrogens is 214 g/mol. The monoisotopic (exact) mass is 225 g/mol. The molecule has 0 aliphatic rings. The molecule has 0 fully saturated rings. The van der Waals surface area contributed by atoms with Crippen LogP contribution in [0, 0.1) is 10.1 Å². The number of hydrogen-bond acceptors (Lipinski definition) is 6. The zero-order valence-corrected chi connectivity index (χ0v) is 8.80. The fourth-order valence-corrected chi connectivity index (χ4v) is 0.921. The van der Waals surface area contributed by atoms with Crippen molar-refractivity contribution < 1.29 is 4.92 Å². The summed E-state index contributed by atoms with van der Waals surface area (Å²) in [7, 11) is 3.52. The average molecular weight is 225 g/mol. The lowest BCUT2D eigenvalue weighted by molar-refractivity contribution is -0.394. The average Bonchev–Trinajstić information content (AvgIpc) is 2.19. The van der Waals surface area contributed by atoms with E-state index >= 15 is 0 Å². The molecular formula is C8H11N5O3. The van der Waals surface area contributed by atoms with Crippen molar-refractivity contribution in [1.29, 1.82) is 0 Å². The van der Waals surface area contributed by atoms with E-state index in [-0.39, 0.29) is 11.4 Å². The quantitative estimate of drug-likeness (QED) is 0.542. The summed E-state index contributed by atoms with van der Waals surface area (Å²) in [6.45, 7) is 0. The summed E-state index contributed by atoms with van der Waals surface area (Å²) >= 11 is 0. The molecule has 8 heteroatoms. The van der Waals surface area contributed by atoms with Gasteiger partial charge in [0, 0.05) is 20.3 Å². The predicted molar refractivity (Wildman–Crippen MR) is 58.6 cm³/mol. The van der Waals surface area contributed by atoms with Crippen LogP contribution in [-0.2, 0) is 0 Å². The van der Waals surface area contributed by atoms with Crippen LogP contribution in [0.5, 0.6) is 0 Å². The fraction of sp³-hybridized carbons (Fsp3) is 0.250. The summed E-state index contributed by atoms with van der Waals surface area (Å²) in [5.74, 6) is -0.627. The minimum absolute atomic E-state index is 0.0733. The van der Waals surface area contributed by atoms with Gasteiger partial charge in [-0.2, -0.15) is 0 Å². The van der Waals surface area contributed by atoms with Gasteiger partial charge in [0.05, 0.1) is 0 Å². The lowest BCUT2D eigenvalue weighted by Crippen LogP contribution is -2.17. The third kappa shape index (κ3) is 2.56. The summed E-state index contributed by atoms with van der Waals surface area (Å²) in [5.41, 5.74) is 4.64. The fourth-order valence-electron chi connectivity index (χ4n) is 0.921. The van der Waals surface area contributed by atoms with Gasteiger partial charge in [-0.1, -0.05) is 4.98 Å². The summed E-state index contributed by atoms with van der Waals surface area (Å²) in [4.78, 5) is 28.2. The second-order valence-corrected chi connectivity index (χ2v) is 3.22. The molecule has 86 valence electrons. The van der Waals surface area contributed by atoms with E-state index in [2.05, 4.69) is 4.98 Å². The molecule has 0 amide bonds. The Morgan fingerprint density at radius 2 is 2.19 bits per heavy atom. The van der Waals surface area contributed by atoms with E-state index < -0.39 is 16.4 Å². The molecule has 0 radical (unpaired) electrons. The van der Waals surface area contributed by atoms with Crippen molar-refractivity contribution in [2.45, 2.75) is 0 Å². The smallest absolute Gasteiger partial charge is 0.390 e. The highest BCUT2D eigenvalue weighted by atomic mass is 16.6. The van der Waals surface area contributed by atoms with Gasteiger partial charge in [0.1, 0.15) is 0 Å². The molecule has 0 spiro atoms. The third-order valence-corrected chi connectivity index (χ3v) is 1.68. The zero-order chi connectivity index (χ0) is 12.3. The van der Waals surface area contributed by atoms with Crippen molar-refractivity contribution in [3.8, 4) is 0 Å². The number of nitrogens with zero attached hydrogens (tertiary/aromatic N) is 3. The van der Waals surface area contributed by atoms with Gasteiger partial charge in [-0.05, 0) is 11.0 Å². The number of aromatic amines is 1. The molecule has 0 saturated heterocycles. The maximum absolute atomic E-state index is 11.2. The number of nitrogens with two attached hydrogens (primary N) is 1. The van der Waals surface area contributed by atoms with Gasteiger partial charge in [-0.15, -0.1) is 0 Å². The summed E-state index contributed by atoms with van der Waals surface area (Å²) in [6, 6.07) is 0. The minimum atomic E-state index is -0.784. The Kier molecular flexibility index (Phi) is 3.24. The van der Waals surface area contributed by atoms with Crippen molar-refractivity contribution in [1.82, 2.24) is 14.9 Å². The molecule has 3 N–H and O–H groups in total. The van der Waals surface area contributed by atoms with Gasteiger partial charge in [0.2, 0.25) is 0 Å². The number of nitrogens with one attached hydrogen (secondary N) is 1. The van der Waals surface area contributed by atoms with Crippen LogP contribution in [0.2, 0.25) is 0 Å². The SMILES string of the molecule is CN(C)C=Cc1nc([N+](=O)[O-])[nH]c(=O)c1N. The van der Waals surface area contributed by atoms with E-state index in [1.165, 1.54) is 6.08 Å². The van der Waals surface area contributed by atoms with E-state index in [1.807, 2.05) is 4.98 Å². The molecule has 1 aromatic rings. The Labute approximate surface area is 90.6 Å². The lowest BCUT2D eigenvalue weighted by atomic mass is 10.3. The molecule has 1 aromatic heterocycles. The molecule has 8 nitrogen and oxygen atoms in total. The highest BCUT2D eigenvalue weighted by Gasteiger charge is 2.14. The number of H-pyrrole nitrogens is 1. The first-order chi connectivity index (χ1) is 7.41. The Morgan fingerprint density at radius 3 is 2.69 bits per heavy atom. The van der Waals surface area contributed by atoms with Crippen molar-refractivity contribution in [3.05, 3.63) is 32.4 Å².